The zero-order chi connectivity index (χ0) is 13.2. The highest BCUT2D eigenvalue weighted by molar-refractivity contribution is 5.85. The van der Waals surface area contributed by atoms with Crippen LogP contribution in [0, 0.1) is 11.7 Å². The number of hydrogen-bond acceptors (Lipinski definition) is 2. The number of fused-ring (bicyclic) bond motifs is 1. The van der Waals surface area contributed by atoms with Crippen LogP contribution in [0.1, 0.15) is 48.9 Å². The Hall–Kier alpha value is -1.38. The summed E-state index contributed by atoms with van der Waals surface area (Å²) in [5.41, 5.74) is 1.03. The monoisotopic (exact) mass is 261 g/mol. The van der Waals surface area contributed by atoms with Gasteiger partial charge in [0.05, 0.1) is 5.69 Å². The molecule has 1 heterocycles. The summed E-state index contributed by atoms with van der Waals surface area (Å²) in [4.78, 5) is 13.4. The number of carbonyl (C=O) groups excluding carboxylic acids is 1. The standard InChI is InChI=1S/C16H20FNO/c17-14-8-3-6-13(11-19)16(14)18-10-4-7-12-5-1-2-9-15(12)18/h3,6,8,11-12,15H,1-2,4-5,7,9-10H2/t12-,15-/m1/s1. The summed E-state index contributed by atoms with van der Waals surface area (Å²) in [7, 11) is 0. The van der Waals surface area contributed by atoms with Crippen LogP contribution >= 0.6 is 0 Å². The van der Waals surface area contributed by atoms with Crippen molar-refractivity contribution in [2.24, 2.45) is 5.92 Å². The minimum atomic E-state index is -0.254. The Labute approximate surface area is 113 Å². The molecule has 1 saturated carbocycles. The van der Waals surface area contributed by atoms with Crippen molar-refractivity contribution in [2.75, 3.05) is 11.4 Å². The highest BCUT2D eigenvalue weighted by Crippen LogP contribution is 2.39. The van der Waals surface area contributed by atoms with Gasteiger partial charge in [-0.25, -0.2) is 4.39 Å². The molecule has 1 aromatic rings. The quantitative estimate of drug-likeness (QED) is 0.755. The molecule has 19 heavy (non-hydrogen) atoms. The van der Waals surface area contributed by atoms with Crippen molar-refractivity contribution in [3.63, 3.8) is 0 Å². The van der Waals surface area contributed by atoms with Crippen LogP contribution in [-0.4, -0.2) is 18.9 Å². The smallest absolute Gasteiger partial charge is 0.152 e. The van der Waals surface area contributed by atoms with Crippen molar-refractivity contribution in [1.29, 1.82) is 0 Å². The first-order valence-corrected chi connectivity index (χ1v) is 7.31. The molecule has 1 aliphatic heterocycles. The number of nitrogens with zero attached hydrogens (tertiary/aromatic N) is 1. The van der Waals surface area contributed by atoms with Gasteiger partial charge in [0.2, 0.25) is 0 Å². The van der Waals surface area contributed by atoms with Gasteiger partial charge in [-0.3, -0.25) is 4.79 Å². The van der Waals surface area contributed by atoms with Crippen molar-refractivity contribution in [3.05, 3.63) is 29.6 Å². The van der Waals surface area contributed by atoms with Crippen molar-refractivity contribution in [1.82, 2.24) is 0 Å². The molecule has 0 N–H and O–H groups in total. The van der Waals surface area contributed by atoms with Crippen LogP contribution in [0.25, 0.3) is 0 Å². The Morgan fingerprint density at radius 3 is 2.79 bits per heavy atom. The minimum absolute atomic E-state index is 0.254. The summed E-state index contributed by atoms with van der Waals surface area (Å²) >= 11 is 0. The van der Waals surface area contributed by atoms with Crippen LogP contribution in [0.3, 0.4) is 0 Å². The van der Waals surface area contributed by atoms with Crippen molar-refractivity contribution < 1.29 is 9.18 Å². The van der Waals surface area contributed by atoms with Gasteiger partial charge in [0.1, 0.15) is 5.82 Å². The van der Waals surface area contributed by atoms with Gasteiger partial charge < -0.3 is 4.90 Å². The van der Waals surface area contributed by atoms with Gasteiger partial charge in [0.15, 0.2) is 6.29 Å². The number of para-hydroxylation sites is 1. The third kappa shape index (κ3) is 2.26. The molecule has 1 aliphatic carbocycles. The summed E-state index contributed by atoms with van der Waals surface area (Å²) in [6, 6.07) is 5.23. The van der Waals surface area contributed by atoms with Crippen molar-refractivity contribution in [3.8, 4) is 0 Å². The second-order valence-electron chi connectivity index (χ2n) is 5.74. The lowest BCUT2D eigenvalue weighted by Gasteiger charge is -2.45. The zero-order valence-corrected chi connectivity index (χ0v) is 11.1. The van der Waals surface area contributed by atoms with E-state index in [9.17, 15) is 9.18 Å². The molecule has 0 radical (unpaired) electrons. The van der Waals surface area contributed by atoms with E-state index in [0.29, 0.717) is 23.2 Å². The lowest BCUT2D eigenvalue weighted by atomic mass is 9.78. The van der Waals surface area contributed by atoms with Crippen LogP contribution in [0.15, 0.2) is 18.2 Å². The molecule has 0 spiro atoms. The van der Waals surface area contributed by atoms with Crippen LogP contribution in [-0.2, 0) is 0 Å². The lowest BCUT2D eigenvalue weighted by Crippen LogP contribution is -2.47. The molecule has 0 aromatic heterocycles. The van der Waals surface area contributed by atoms with Crippen LogP contribution in [0.4, 0.5) is 10.1 Å². The van der Waals surface area contributed by atoms with Crippen LogP contribution in [0.5, 0.6) is 0 Å². The van der Waals surface area contributed by atoms with Crippen molar-refractivity contribution in [2.45, 2.75) is 44.6 Å². The second-order valence-corrected chi connectivity index (χ2v) is 5.74. The first-order valence-electron chi connectivity index (χ1n) is 7.31. The maximum Gasteiger partial charge on any atom is 0.152 e. The maximum atomic E-state index is 14.2. The molecule has 102 valence electrons. The topological polar surface area (TPSA) is 20.3 Å². The average molecular weight is 261 g/mol. The molecule has 1 saturated heterocycles. The van der Waals surface area contributed by atoms with E-state index in [1.54, 1.807) is 12.1 Å². The number of rotatable bonds is 2. The summed E-state index contributed by atoms with van der Waals surface area (Å²) in [6.45, 7) is 0.878. The fraction of sp³-hybridized carbons (Fsp3) is 0.562. The fourth-order valence-corrected chi connectivity index (χ4v) is 3.83. The fourth-order valence-electron chi connectivity index (χ4n) is 3.83. The molecular weight excluding hydrogens is 241 g/mol. The largest absolute Gasteiger partial charge is 0.365 e. The normalized spacial score (nSPS) is 26.9. The molecule has 3 rings (SSSR count). The predicted molar refractivity (Wildman–Crippen MR) is 74.1 cm³/mol. The van der Waals surface area contributed by atoms with Gasteiger partial charge in [-0.05, 0) is 43.7 Å². The Morgan fingerprint density at radius 2 is 1.95 bits per heavy atom. The summed E-state index contributed by atoms with van der Waals surface area (Å²) in [6.07, 6.45) is 8.06. The molecule has 2 atom stereocenters. The lowest BCUT2D eigenvalue weighted by molar-refractivity contribution is 0.112. The molecule has 1 aromatic carbocycles. The zero-order valence-electron chi connectivity index (χ0n) is 11.1. The Bertz CT molecular complexity index is 472. The van der Waals surface area contributed by atoms with E-state index in [-0.39, 0.29) is 5.82 Å². The van der Waals surface area contributed by atoms with Gasteiger partial charge in [-0.2, -0.15) is 0 Å². The summed E-state index contributed by atoms with van der Waals surface area (Å²) in [5, 5.41) is 0. The van der Waals surface area contributed by atoms with E-state index < -0.39 is 0 Å². The number of carbonyl (C=O) groups is 1. The van der Waals surface area contributed by atoms with E-state index in [4.69, 9.17) is 0 Å². The van der Waals surface area contributed by atoms with E-state index in [0.717, 1.165) is 25.7 Å². The molecule has 0 bridgehead atoms. The van der Waals surface area contributed by atoms with Gasteiger partial charge in [0, 0.05) is 18.2 Å². The summed E-state index contributed by atoms with van der Waals surface area (Å²) in [5.74, 6) is 0.428. The third-order valence-electron chi connectivity index (χ3n) is 4.68. The number of hydrogen-bond donors (Lipinski definition) is 0. The van der Waals surface area contributed by atoms with Gasteiger partial charge in [-0.1, -0.05) is 18.9 Å². The SMILES string of the molecule is O=Cc1cccc(F)c1N1CCC[C@H]2CCCC[C@H]21. The van der Waals surface area contributed by atoms with E-state index >= 15 is 0 Å². The van der Waals surface area contributed by atoms with Gasteiger partial charge in [0.25, 0.3) is 0 Å². The van der Waals surface area contributed by atoms with E-state index in [2.05, 4.69) is 4.90 Å². The molecule has 2 fully saturated rings. The molecule has 0 unspecified atom stereocenters. The molecule has 3 heteroatoms. The number of aldehydes is 1. The number of halogens is 1. The maximum absolute atomic E-state index is 14.2. The Morgan fingerprint density at radius 1 is 1.16 bits per heavy atom. The van der Waals surface area contributed by atoms with Crippen LogP contribution < -0.4 is 4.90 Å². The Kier molecular flexibility index (Phi) is 3.54. The van der Waals surface area contributed by atoms with Crippen LogP contribution in [0.2, 0.25) is 0 Å². The number of benzene rings is 1. The molecule has 0 amide bonds. The number of anilines is 1. The highest BCUT2D eigenvalue weighted by Gasteiger charge is 2.35. The molecular formula is C16H20FNO. The van der Waals surface area contributed by atoms with E-state index in [1.807, 2.05) is 0 Å². The third-order valence-corrected chi connectivity index (χ3v) is 4.68. The number of piperidine rings is 1. The highest BCUT2D eigenvalue weighted by atomic mass is 19.1. The first kappa shape index (κ1) is 12.6. The first-order chi connectivity index (χ1) is 9.31. The molecule has 2 aliphatic rings. The predicted octanol–water partition coefficient (Wildman–Crippen LogP) is 3.80. The van der Waals surface area contributed by atoms with Gasteiger partial charge in [-0.15, -0.1) is 0 Å². The molecule has 2 nitrogen and oxygen atoms in total. The van der Waals surface area contributed by atoms with Crippen molar-refractivity contribution >= 4 is 12.0 Å². The second kappa shape index (κ2) is 5.32. The minimum Gasteiger partial charge on any atom is -0.365 e. The Balaban J connectivity index is 1.98. The summed E-state index contributed by atoms with van der Waals surface area (Å²) < 4.78 is 14.2. The van der Waals surface area contributed by atoms with Gasteiger partial charge >= 0.3 is 0 Å². The van der Waals surface area contributed by atoms with E-state index in [1.165, 1.54) is 31.7 Å². The average Bonchev–Trinajstić information content (AvgIpc) is 2.46.